The van der Waals surface area contributed by atoms with Crippen molar-refractivity contribution in [1.29, 1.82) is 0 Å². The molecule has 3 nitrogen and oxygen atoms in total. The molecular formula is C20H19BrN2OS. The van der Waals surface area contributed by atoms with Crippen molar-refractivity contribution in [3.8, 4) is 5.75 Å². The van der Waals surface area contributed by atoms with E-state index in [1.807, 2.05) is 13.0 Å². The molecule has 25 heavy (non-hydrogen) atoms. The highest BCUT2D eigenvalue weighted by Crippen LogP contribution is 2.40. The fourth-order valence-corrected chi connectivity index (χ4v) is 4.34. The molecule has 2 aromatic carbocycles. The zero-order valence-electron chi connectivity index (χ0n) is 13.9. The van der Waals surface area contributed by atoms with Crippen LogP contribution in [-0.2, 0) is 6.42 Å². The molecule has 0 amide bonds. The fourth-order valence-electron chi connectivity index (χ4n) is 3.61. The summed E-state index contributed by atoms with van der Waals surface area (Å²) in [5, 5.41) is 7.50. The van der Waals surface area contributed by atoms with Crippen LogP contribution < -0.4 is 15.4 Å². The van der Waals surface area contributed by atoms with E-state index in [4.69, 9.17) is 17.0 Å². The van der Waals surface area contributed by atoms with E-state index in [1.54, 1.807) is 0 Å². The zero-order valence-corrected chi connectivity index (χ0v) is 16.3. The first-order chi connectivity index (χ1) is 12.2. The molecule has 0 saturated carbocycles. The first-order valence-corrected chi connectivity index (χ1v) is 9.68. The summed E-state index contributed by atoms with van der Waals surface area (Å²) in [4.78, 5) is 0. The monoisotopic (exact) mass is 414 g/mol. The van der Waals surface area contributed by atoms with Gasteiger partial charge in [0.25, 0.3) is 0 Å². The third-order valence-electron chi connectivity index (χ3n) is 4.72. The average molecular weight is 415 g/mol. The van der Waals surface area contributed by atoms with Crippen LogP contribution in [0.5, 0.6) is 5.75 Å². The summed E-state index contributed by atoms with van der Waals surface area (Å²) in [5.41, 5.74) is 6.36. The molecule has 2 aromatic rings. The maximum atomic E-state index is 5.64. The largest absolute Gasteiger partial charge is 0.493 e. The van der Waals surface area contributed by atoms with E-state index < -0.39 is 0 Å². The molecule has 2 N–H and O–H groups in total. The van der Waals surface area contributed by atoms with E-state index in [2.05, 4.69) is 63.0 Å². The SMILES string of the molecule is CCOc1ccc([C@@H]2NC(=S)NC3=C2CCc2ccccc23)cc1Br. The molecule has 1 aliphatic carbocycles. The van der Waals surface area contributed by atoms with E-state index in [0.29, 0.717) is 11.7 Å². The van der Waals surface area contributed by atoms with Gasteiger partial charge in [-0.25, -0.2) is 0 Å². The Morgan fingerprint density at radius 3 is 2.84 bits per heavy atom. The highest BCUT2D eigenvalue weighted by atomic mass is 79.9. The molecule has 5 heteroatoms. The maximum Gasteiger partial charge on any atom is 0.171 e. The van der Waals surface area contributed by atoms with E-state index in [-0.39, 0.29) is 6.04 Å². The van der Waals surface area contributed by atoms with Gasteiger partial charge in [-0.2, -0.15) is 0 Å². The lowest BCUT2D eigenvalue weighted by atomic mass is 9.83. The molecule has 2 aliphatic rings. The molecular weight excluding hydrogens is 396 g/mol. The lowest BCUT2D eigenvalue weighted by molar-refractivity contribution is 0.338. The number of halogens is 1. The van der Waals surface area contributed by atoms with Crippen molar-refractivity contribution < 1.29 is 4.74 Å². The van der Waals surface area contributed by atoms with E-state index in [0.717, 1.165) is 23.1 Å². The standard InChI is InChI=1S/C20H19BrN2OS/c1-2-24-17-10-8-13(11-16(17)21)18-15-9-7-12-5-3-4-6-14(12)19(15)23-20(25)22-18/h3-6,8,10-11,18H,2,7,9H2,1H3,(H2,22,23,25)/t18-/m0/s1. The van der Waals surface area contributed by atoms with E-state index in [1.165, 1.54) is 28.0 Å². The quantitative estimate of drug-likeness (QED) is 0.711. The highest BCUT2D eigenvalue weighted by Gasteiger charge is 2.30. The second-order valence-corrected chi connectivity index (χ2v) is 7.47. The lowest BCUT2D eigenvalue weighted by Gasteiger charge is -2.36. The summed E-state index contributed by atoms with van der Waals surface area (Å²) in [6.07, 6.45) is 2.07. The van der Waals surface area contributed by atoms with Crippen LogP contribution in [0.25, 0.3) is 5.70 Å². The van der Waals surface area contributed by atoms with Gasteiger partial charge in [0.2, 0.25) is 0 Å². The predicted octanol–water partition coefficient (Wildman–Crippen LogP) is 4.72. The van der Waals surface area contributed by atoms with Crippen LogP contribution in [0.1, 0.15) is 36.1 Å². The number of rotatable bonds is 3. The Balaban J connectivity index is 1.78. The van der Waals surface area contributed by atoms with Crippen molar-refractivity contribution in [2.24, 2.45) is 0 Å². The number of thiocarbonyl (C=S) groups is 1. The van der Waals surface area contributed by atoms with Crippen molar-refractivity contribution in [2.45, 2.75) is 25.8 Å². The first-order valence-electron chi connectivity index (χ1n) is 8.48. The van der Waals surface area contributed by atoms with Crippen molar-refractivity contribution in [1.82, 2.24) is 10.6 Å². The highest BCUT2D eigenvalue weighted by molar-refractivity contribution is 9.10. The van der Waals surface area contributed by atoms with E-state index in [9.17, 15) is 0 Å². The summed E-state index contributed by atoms with van der Waals surface area (Å²) < 4.78 is 6.60. The van der Waals surface area contributed by atoms with Crippen LogP contribution in [0.2, 0.25) is 0 Å². The van der Waals surface area contributed by atoms with Gasteiger partial charge in [-0.15, -0.1) is 0 Å². The summed E-state index contributed by atoms with van der Waals surface area (Å²) in [5.74, 6) is 0.867. The van der Waals surface area contributed by atoms with Crippen molar-refractivity contribution in [3.63, 3.8) is 0 Å². The number of nitrogens with one attached hydrogen (secondary N) is 2. The molecule has 0 radical (unpaired) electrons. The second kappa shape index (κ2) is 6.81. The van der Waals surface area contributed by atoms with Gasteiger partial charge >= 0.3 is 0 Å². The minimum absolute atomic E-state index is 0.0871. The Labute approximate surface area is 161 Å². The molecule has 0 unspecified atom stereocenters. The van der Waals surface area contributed by atoms with Gasteiger partial charge in [0.05, 0.1) is 17.1 Å². The molecule has 0 bridgehead atoms. The van der Waals surface area contributed by atoms with Gasteiger partial charge in [-0.05, 0) is 76.7 Å². The van der Waals surface area contributed by atoms with Crippen molar-refractivity contribution >= 4 is 39.0 Å². The van der Waals surface area contributed by atoms with E-state index >= 15 is 0 Å². The number of hydrogen-bond acceptors (Lipinski definition) is 2. The number of aryl methyl sites for hydroxylation is 1. The first kappa shape index (κ1) is 16.6. The molecule has 0 fully saturated rings. The van der Waals surface area contributed by atoms with Crippen LogP contribution in [0.15, 0.2) is 52.5 Å². The Hall–Kier alpha value is -1.85. The molecule has 0 aromatic heterocycles. The fraction of sp³-hybridized carbons (Fsp3) is 0.250. The maximum absolute atomic E-state index is 5.64. The van der Waals surface area contributed by atoms with Crippen LogP contribution >= 0.6 is 28.1 Å². The number of fused-ring (bicyclic) bond motifs is 2. The normalized spacial score (nSPS) is 18.8. The van der Waals surface area contributed by atoms with Crippen LogP contribution in [0, 0.1) is 0 Å². The van der Waals surface area contributed by atoms with Gasteiger partial charge < -0.3 is 15.4 Å². The third kappa shape index (κ3) is 3.07. The third-order valence-corrected chi connectivity index (χ3v) is 5.56. The zero-order chi connectivity index (χ0) is 17.4. The number of hydrogen-bond donors (Lipinski definition) is 2. The van der Waals surface area contributed by atoms with Gasteiger partial charge in [0.15, 0.2) is 5.11 Å². The summed E-state index contributed by atoms with van der Waals surface area (Å²) in [6, 6.07) is 14.9. The second-order valence-electron chi connectivity index (χ2n) is 6.21. The minimum atomic E-state index is 0.0871. The lowest BCUT2D eigenvalue weighted by Crippen LogP contribution is -2.44. The molecule has 0 spiro atoms. The number of ether oxygens (including phenoxy) is 1. The van der Waals surface area contributed by atoms with Gasteiger partial charge in [0.1, 0.15) is 5.75 Å². The van der Waals surface area contributed by atoms with Crippen LogP contribution in [0.3, 0.4) is 0 Å². The Bertz CT molecular complexity index is 878. The van der Waals surface area contributed by atoms with Crippen molar-refractivity contribution in [3.05, 3.63) is 69.2 Å². The summed E-state index contributed by atoms with van der Waals surface area (Å²) in [6.45, 7) is 2.64. The topological polar surface area (TPSA) is 33.3 Å². The minimum Gasteiger partial charge on any atom is -0.493 e. The molecule has 1 atom stereocenters. The molecule has 128 valence electrons. The summed E-state index contributed by atoms with van der Waals surface area (Å²) in [7, 11) is 0. The Morgan fingerprint density at radius 2 is 2.04 bits per heavy atom. The van der Waals surface area contributed by atoms with Gasteiger partial charge in [0, 0.05) is 11.3 Å². The molecule has 4 rings (SSSR count). The molecule has 0 saturated heterocycles. The number of benzene rings is 2. The Kier molecular flexibility index (Phi) is 4.52. The van der Waals surface area contributed by atoms with Crippen molar-refractivity contribution in [2.75, 3.05) is 6.61 Å². The Morgan fingerprint density at radius 1 is 1.20 bits per heavy atom. The summed E-state index contributed by atoms with van der Waals surface area (Å²) >= 11 is 9.11. The molecule has 1 heterocycles. The van der Waals surface area contributed by atoms with Crippen LogP contribution in [-0.4, -0.2) is 11.7 Å². The smallest absolute Gasteiger partial charge is 0.171 e. The van der Waals surface area contributed by atoms with Gasteiger partial charge in [-0.3, -0.25) is 0 Å². The van der Waals surface area contributed by atoms with Gasteiger partial charge in [-0.1, -0.05) is 30.3 Å². The average Bonchev–Trinajstić information content (AvgIpc) is 2.63. The predicted molar refractivity (Wildman–Crippen MR) is 109 cm³/mol. The van der Waals surface area contributed by atoms with Crippen LogP contribution in [0.4, 0.5) is 0 Å². The molecule has 1 aliphatic heterocycles.